The van der Waals surface area contributed by atoms with Crippen LogP contribution in [-0.4, -0.2) is 24.3 Å². The molecule has 0 radical (unpaired) electrons. The van der Waals surface area contributed by atoms with E-state index < -0.39 is 0 Å². The Morgan fingerprint density at radius 2 is 1.59 bits per heavy atom. The third kappa shape index (κ3) is 5.54. The SMILES string of the molecule is O=C(Nc1ccc(Cl)cc1Cl)N(CCc1ccc(Cl)cc1Cl)Cc1ccc2c(c1)OCO2. The van der Waals surface area contributed by atoms with E-state index in [2.05, 4.69) is 5.32 Å². The second kappa shape index (κ2) is 10.1. The van der Waals surface area contributed by atoms with Crippen LogP contribution >= 0.6 is 46.4 Å². The fourth-order valence-corrected chi connectivity index (χ4v) is 4.24. The highest BCUT2D eigenvalue weighted by Crippen LogP contribution is 2.33. The summed E-state index contributed by atoms with van der Waals surface area (Å²) in [4.78, 5) is 14.8. The molecule has 166 valence electrons. The molecular weight excluding hydrogens is 494 g/mol. The lowest BCUT2D eigenvalue weighted by atomic mass is 10.1. The second-order valence-electron chi connectivity index (χ2n) is 7.15. The molecule has 0 saturated carbocycles. The molecule has 0 bridgehead atoms. The van der Waals surface area contributed by atoms with Gasteiger partial charge in [-0.3, -0.25) is 0 Å². The van der Waals surface area contributed by atoms with E-state index in [0.29, 0.717) is 56.8 Å². The van der Waals surface area contributed by atoms with Crippen LogP contribution in [0, 0.1) is 0 Å². The maximum Gasteiger partial charge on any atom is 0.322 e. The van der Waals surface area contributed by atoms with E-state index >= 15 is 0 Å². The monoisotopic (exact) mass is 510 g/mol. The summed E-state index contributed by atoms with van der Waals surface area (Å²) >= 11 is 24.5. The fraction of sp³-hybridized carbons (Fsp3) is 0.174. The topological polar surface area (TPSA) is 50.8 Å². The van der Waals surface area contributed by atoms with Crippen LogP contribution in [0.3, 0.4) is 0 Å². The van der Waals surface area contributed by atoms with Crippen molar-refractivity contribution in [1.29, 1.82) is 0 Å². The van der Waals surface area contributed by atoms with Gasteiger partial charge in [-0.25, -0.2) is 4.79 Å². The van der Waals surface area contributed by atoms with Gasteiger partial charge in [-0.15, -0.1) is 0 Å². The first-order valence-corrected chi connectivity index (χ1v) is 11.2. The van der Waals surface area contributed by atoms with Crippen LogP contribution in [0.15, 0.2) is 54.6 Å². The Hall–Kier alpha value is -2.31. The molecule has 3 aromatic rings. The second-order valence-corrected chi connectivity index (χ2v) is 8.84. The number of ether oxygens (including phenoxy) is 2. The average Bonchev–Trinajstić information content (AvgIpc) is 3.22. The number of carbonyl (C=O) groups is 1. The predicted molar refractivity (Wildman–Crippen MR) is 129 cm³/mol. The number of halogens is 4. The molecule has 2 amide bonds. The molecule has 0 saturated heterocycles. The maximum atomic E-state index is 13.2. The number of hydrogen-bond donors (Lipinski definition) is 1. The minimum atomic E-state index is -0.308. The number of benzene rings is 3. The summed E-state index contributed by atoms with van der Waals surface area (Å²) in [6, 6.07) is 15.5. The molecule has 0 spiro atoms. The van der Waals surface area contributed by atoms with Crippen LogP contribution in [-0.2, 0) is 13.0 Å². The van der Waals surface area contributed by atoms with Gasteiger partial charge in [-0.2, -0.15) is 0 Å². The van der Waals surface area contributed by atoms with Gasteiger partial charge in [0.05, 0.1) is 10.7 Å². The van der Waals surface area contributed by atoms with E-state index in [4.69, 9.17) is 55.9 Å². The first-order valence-electron chi connectivity index (χ1n) is 9.72. The Morgan fingerprint density at radius 1 is 0.875 bits per heavy atom. The Bertz CT molecular complexity index is 1160. The van der Waals surface area contributed by atoms with E-state index in [1.807, 2.05) is 24.3 Å². The number of rotatable bonds is 6. The Labute approximate surface area is 205 Å². The van der Waals surface area contributed by atoms with Crippen molar-refractivity contribution in [3.05, 3.63) is 85.8 Å². The molecule has 1 aliphatic heterocycles. The normalized spacial score (nSPS) is 12.0. The van der Waals surface area contributed by atoms with Crippen LogP contribution in [0.25, 0.3) is 0 Å². The van der Waals surface area contributed by atoms with Crippen molar-refractivity contribution < 1.29 is 14.3 Å². The largest absolute Gasteiger partial charge is 0.454 e. The zero-order chi connectivity index (χ0) is 22.7. The summed E-state index contributed by atoms with van der Waals surface area (Å²) in [7, 11) is 0. The number of fused-ring (bicyclic) bond motifs is 1. The summed E-state index contributed by atoms with van der Waals surface area (Å²) in [5.41, 5.74) is 2.26. The highest BCUT2D eigenvalue weighted by atomic mass is 35.5. The Kier molecular flexibility index (Phi) is 7.21. The van der Waals surface area contributed by atoms with Gasteiger partial charge in [0, 0.05) is 28.2 Å². The number of urea groups is 1. The van der Waals surface area contributed by atoms with Gasteiger partial charge in [-0.1, -0.05) is 58.5 Å². The third-order valence-electron chi connectivity index (χ3n) is 4.94. The molecule has 3 aromatic carbocycles. The zero-order valence-corrected chi connectivity index (χ0v) is 19.7. The first-order chi connectivity index (χ1) is 15.4. The molecule has 0 fully saturated rings. The highest BCUT2D eigenvalue weighted by molar-refractivity contribution is 6.36. The average molecular weight is 512 g/mol. The maximum absolute atomic E-state index is 13.2. The number of carbonyl (C=O) groups excluding carboxylic acids is 1. The van der Waals surface area contributed by atoms with Gasteiger partial charge in [0.2, 0.25) is 6.79 Å². The minimum Gasteiger partial charge on any atom is -0.454 e. The molecule has 4 rings (SSSR count). The molecular formula is C23H18Cl4N2O3. The Balaban J connectivity index is 1.54. The van der Waals surface area contributed by atoms with Gasteiger partial charge < -0.3 is 19.7 Å². The minimum absolute atomic E-state index is 0.188. The van der Waals surface area contributed by atoms with Crippen molar-refractivity contribution in [3.8, 4) is 11.5 Å². The molecule has 1 heterocycles. The van der Waals surface area contributed by atoms with Crippen molar-refractivity contribution >= 4 is 58.1 Å². The highest BCUT2D eigenvalue weighted by Gasteiger charge is 2.19. The summed E-state index contributed by atoms with van der Waals surface area (Å²) in [5.74, 6) is 1.34. The quantitative estimate of drug-likeness (QED) is 0.377. The smallest absolute Gasteiger partial charge is 0.322 e. The molecule has 0 atom stereocenters. The molecule has 32 heavy (non-hydrogen) atoms. The van der Waals surface area contributed by atoms with Gasteiger partial charge in [-0.05, 0) is 60.0 Å². The van der Waals surface area contributed by atoms with Crippen molar-refractivity contribution in [2.45, 2.75) is 13.0 Å². The zero-order valence-electron chi connectivity index (χ0n) is 16.7. The summed E-state index contributed by atoms with van der Waals surface area (Å²) in [6.07, 6.45) is 0.544. The number of amides is 2. The van der Waals surface area contributed by atoms with E-state index in [-0.39, 0.29) is 12.8 Å². The number of nitrogens with zero attached hydrogens (tertiary/aromatic N) is 1. The summed E-state index contributed by atoms with van der Waals surface area (Å²) in [5, 5.41) is 4.82. The van der Waals surface area contributed by atoms with E-state index in [0.717, 1.165) is 11.1 Å². The standard InChI is InChI=1S/C23H18Cl4N2O3/c24-16-3-2-15(18(26)10-16)7-8-29(12-14-1-6-21-22(9-14)32-13-31-21)23(30)28-20-5-4-17(25)11-19(20)27/h1-6,9-11H,7-8,12-13H2,(H,28,30). The van der Waals surface area contributed by atoms with Crippen LogP contribution < -0.4 is 14.8 Å². The lowest BCUT2D eigenvalue weighted by Crippen LogP contribution is -2.36. The number of nitrogens with one attached hydrogen (secondary N) is 1. The van der Waals surface area contributed by atoms with Crippen molar-refractivity contribution in [3.63, 3.8) is 0 Å². The number of hydrogen-bond acceptors (Lipinski definition) is 3. The summed E-state index contributed by atoms with van der Waals surface area (Å²) < 4.78 is 10.8. The Morgan fingerprint density at radius 3 is 2.34 bits per heavy atom. The van der Waals surface area contributed by atoms with Crippen LogP contribution in [0.4, 0.5) is 10.5 Å². The molecule has 1 N–H and O–H groups in total. The van der Waals surface area contributed by atoms with Gasteiger partial charge in [0.1, 0.15) is 0 Å². The molecule has 0 aliphatic carbocycles. The summed E-state index contributed by atoms with van der Waals surface area (Å²) in [6.45, 7) is 0.943. The first kappa shape index (κ1) is 22.9. The van der Waals surface area contributed by atoms with Crippen molar-refractivity contribution in [1.82, 2.24) is 4.90 Å². The predicted octanol–water partition coefficient (Wildman–Crippen LogP) is 7.31. The molecule has 9 heteroatoms. The van der Waals surface area contributed by atoms with Crippen molar-refractivity contribution in [2.75, 3.05) is 18.7 Å². The van der Waals surface area contributed by atoms with Crippen LogP contribution in [0.2, 0.25) is 20.1 Å². The van der Waals surface area contributed by atoms with Gasteiger partial charge >= 0.3 is 6.03 Å². The van der Waals surface area contributed by atoms with E-state index in [1.54, 1.807) is 35.2 Å². The van der Waals surface area contributed by atoms with E-state index in [1.165, 1.54) is 0 Å². The van der Waals surface area contributed by atoms with Crippen LogP contribution in [0.5, 0.6) is 11.5 Å². The van der Waals surface area contributed by atoms with Gasteiger partial charge in [0.25, 0.3) is 0 Å². The lowest BCUT2D eigenvalue weighted by molar-refractivity contribution is 0.174. The molecule has 1 aliphatic rings. The van der Waals surface area contributed by atoms with Gasteiger partial charge in [0.15, 0.2) is 11.5 Å². The number of anilines is 1. The molecule has 0 aromatic heterocycles. The van der Waals surface area contributed by atoms with Crippen LogP contribution in [0.1, 0.15) is 11.1 Å². The molecule has 0 unspecified atom stereocenters. The van der Waals surface area contributed by atoms with E-state index in [9.17, 15) is 4.79 Å². The fourth-order valence-electron chi connectivity index (χ4n) is 3.28. The molecule has 5 nitrogen and oxygen atoms in total. The van der Waals surface area contributed by atoms with Crippen molar-refractivity contribution in [2.24, 2.45) is 0 Å². The third-order valence-corrected chi connectivity index (χ3v) is 6.07. The lowest BCUT2D eigenvalue weighted by Gasteiger charge is -2.24.